The average Bonchev–Trinajstić information content (AvgIpc) is 3.04. The number of ether oxygens (including phenoxy) is 2. The number of benzene rings is 4. The summed E-state index contributed by atoms with van der Waals surface area (Å²) in [7, 11) is -1.08. The minimum Gasteiger partial charge on any atom is -0.497 e. The maximum Gasteiger partial charge on any atom is 0.263 e. The lowest BCUT2D eigenvalue weighted by Crippen LogP contribution is -2.30. The summed E-state index contributed by atoms with van der Waals surface area (Å²) in [4.78, 5) is 21.8. The van der Waals surface area contributed by atoms with E-state index >= 15 is 0 Å². The van der Waals surface area contributed by atoms with Crippen LogP contribution in [0.5, 0.6) is 11.5 Å². The first-order chi connectivity index (χ1) is 21.2. The Morgan fingerprint density at radius 3 is 2.07 bits per heavy atom. The molecule has 0 aliphatic heterocycles. The van der Waals surface area contributed by atoms with Crippen molar-refractivity contribution in [1.82, 2.24) is 15.3 Å². The maximum absolute atomic E-state index is 13.6. The summed E-state index contributed by atoms with van der Waals surface area (Å²) in [6.07, 6.45) is 0. The first-order valence-corrected chi connectivity index (χ1v) is 15.2. The van der Waals surface area contributed by atoms with Crippen LogP contribution in [0.15, 0.2) is 102 Å². The number of rotatable bonds is 12. The Kier molecular flexibility index (Phi) is 9.22. The molecule has 0 saturated carbocycles. The molecule has 0 saturated heterocycles. The first kappa shape index (κ1) is 30.3. The van der Waals surface area contributed by atoms with Gasteiger partial charge in [-0.05, 0) is 42.8 Å². The molecule has 44 heavy (non-hydrogen) atoms. The Morgan fingerprint density at radius 1 is 0.773 bits per heavy atom. The zero-order valence-corrected chi connectivity index (χ0v) is 25.2. The van der Waals surface area contributed by atoms with Gasteiger partial charge < -0.3 is 25.4 Å². The monoisotopic (exact) mass is 612 g/mol. The number of amides is 1. The zero-order chi connectivity index (χ0) is 31.1. The number of methoxy groups -OCH3 is 2. The van der Waals surface area contributed by atoms with Crippen LogP contribution in [-0.4, -0.2) is 45.1 Å². The van der Waals surface area contributed by atoms with Crippen LogP contribution in [-0.2, 0) is 14.8 Å². The van der Waals surface area contributed by atoms with Crippen LogP contribution >= 0.6 is 0 Å². The maximum atomic E-state index is 13.6. The Bertz CT molecular complexity index is 1860. The first-order valence-electron chi connectivity index (χ1n) is 13.7. The highest BCUT2D eigenvalue weighted by Crippen LogP contribution is 2.31. The number of aromatic nitrogens is 2. The Balaban J connectivity index is 1.36. The predicted octanol–water partition coefficient (Wildman–Crippen LogP) is 5.48. The van der Waals surface area contributed by atoms with E-state index in [-0.39, 0.29) is 35.0 Å². The molecule has 12 heteroatoms. The third kappa shape index (κ3) is 7.41. The number of fused-ring (bicyclic) bond motifs is 1. The molecule has 0 bridgehead atoms. The molecule has 0 fully saturated rings. The number of nitrogens with one attached hydrogen (secondary N) is 4. The van der Waals surface area contributed by atoms with Crippen molar-refractivity contribution in [2.75, 3.05) is 36.1 Å². The third-order valence-corrected chi connectivity index (χ3v) is 8.05. The highest BCUT2D eigenvalue weighted by molar-refractivity contribution is 7.92. The van der Waals surface area contributed by atoms with Crippen molar-refractivity contribution < 1.29 is 22.7 Å². The van der Waals surface area contributed by atoms with Gasteiger partial charge in [0.15, 0.2) is 11.6 Å². The third-order valence-electron chi connectivity index (χ3n) is 6.71. The van der Waals surface area contributed by atoms with Crippen molar-refractivity contribution >= 4 is 50.0 Å². The van der Waals surface area contributed by atoms with Crippen LogP contribution in [0.1, 0.15) is 18.5 Å². The quantitative estimate of drug-likeness (QED) is 0.144. The van der Waals surface area contributed by atoms with Crippen LogP contribution in [0.4, 0.5) is 23.0 Å². The lowest BCUT2D eigenvalue weighted by atomic mass is 10.1. The second-order valence-electron chi connectivity index (χ2n) is 9.83. The largest absolute Gasteiger partial charge is 0.497 e. The molecule has 1 heterocycles. The lowest BCUT2D eigenvalue weighted by molar-refractivity contribution is -0.115. The standard InChI is InChI=1S/C32H32N6O5S/c1-21(22-10-5-4-6-11-22)33-20-30(39)34-23-12-9-13-27(18-23)44(40,41)38-32-31(36-28-14-7-8-15-29(28)37-32)35-24-16-25(42-2)19-26(17-24)43-3/h4-19,21,33H,20H2,1-3H3,(H,34,39)(H,35,36)(H,37,38). The number of carbonyl (C=O) groups excluding carboxylic acids is 1. The molecule has 1 unspecified atom stereocenters. The summed E-state index contributed by atoms with van der Waals surface area (Å²) >= 11 is 0. The molecule has 11 nitrogen and oxygen atoms in total. The van der Waals surface area contributed by atoms with Gasteiger partial charge in [-0.15, -0.1) is 0 Å². The number of nitrogens with zero attached hydrogens (tertiary/aromatic N) is 2. The molecule has 4 aromatic carbocycles. The minimum absolute atomic E-state index is 0.0148. The number of anilines is 4. The average molecular weight is 613 g/mol. The molecule has 1 amide bonds. The SMILES string of the molecule is COc1cc(Nc2nc3ccccc3nc2NS(=O)(=O)c2cccc(NC(=O)CNC(C)c3ccccc3)c2)cc(OC)c1. The van der Waals surface area contributed by atoms with Gasteiger partial charge in [0, 0.05) is 35.6 Å². The van der Waals surface area contributed by atoms with Crippen molar-refractivity contribution in [2.24, 2.45) is 0 Å². The highest BCUT2D eigenvalue weighted by atomic mass is 32.2. The summed E-state index contributed by atoms with van der Waals surface area (Å²) in [5, 5.41) is 9.06. The fraction of sp³-hybridized carbons (Fsp3) is 0.156. The number of sulfonamides is 1. The fourth-order valence-electron chi connectivity index (χ4n) is 4.41. The molecular weight excluding hydrogens is 580 g/mol. The van der Waals surface area contributed by atoms with Gasteiger partial charge in [0.2, 0.25) is 5.91 Å². The molecular formula is C32H32N6O5S. The van der Waals surface area contributed by atoms with Crippen LogP contribution in [0.25, 0.3) is 11.0 Å². The van der Waals surface area contributed by atoms with Gasteiger partial charge in [-0.3, -0.25) is 9.52 Å². The summed E-state index contributed by atoms with van der Waals surface area (Å²) in [6, 6.07) is 28.0. The predicted molar refractivity (Wildman–Crippen MR) is 171 cm³/mol. The molecule has 1 atom stereocenters. The van der Waals surface area contributed by atoms with Gasteiger partial charge in [0.25, 0.3) is 10.0 Å². The number of carbonyl (C=O) groups is 1. The van der Waals surface area contributed by atoms with E-state index in [1.807, 2.05) is 43.3 Å². The minimum atomic E-state index is -4.15. The fourth-order valence-corrected chi connectivity index (χ4v) is 5.47. The van der Waals surface area contributed by atoms with Crippen LogP contribution in [0, 0.1) is 0 Å². The molecule has 4 N–H and O–H groups in total. The highest BCUT2D eigenvalue weighted by Gasteiger charge is 2.20. The topological polar surface area (TPSA) is 144 Å². The second-order valence-corrected chi connectivity index (χ2v) is 11.5. The number of para-hydroxylation sites is 2. The second kappa shape index (κ2) is 13.4. The summed E-state index contributed by atoms with van der Waals surface area (Å²) < 4.78 is 40.4. The van der Waals surface area contributed by atoms with E-state index in [1.54, 1.807) is 48.5 Å². The van der Waals surface area contributed by atoms with Gasteiger partial charge in [-0.1, -0.05) is 48.5 Å². The van der Waals surface area contributed by atoms with Crippen molar-refractivity contribution in [2.45, 2.75) is 17.9 Å². The molecule has 1 aromatic heterocycles. The molecule has 226 valence electrons. The molecule has 5 aromatic rings. The van der Waals surface area contributed by atoms with Crippen molar-refractivity contribution in [3.63, 3.8) is 0 Å². The Morgan fingerprint density at radius 2 is 1.41 bits per heavy atom. The van der Waals surface area contributed by atoms with E-state index in [0.29, 0.717) is 33.9 Å². The number of hydrogen-bond donors (Lipinski definition) is 4. The van der Waals surface area contributed by atoms with Crippen molar-refractivity contribution in [3.05, 3.63) is 103 Å². The summed E-state index contributed by atoms with van der Waals surface area (Å²) in [5.41, 5.74) is 2.99. The molecule has 0 radical (unpaired) electrons. The van der Waals surface area contributed by atoms with Crippen LogP contribution in [0.3, 0.4) is 0 Å². The van der Waals surface area contributed by atoms with E-state index in [2.05, 4.69) is 30.6 Å². The molecule has 0 aliphatic carbocycles. The molecule has 5 rings (SSSR count). The van der Waals surface area contributed by atoms with Gasteiger partial charge >= 0.3 is 0 Å². The van der Waals surface area contributed by atoms with Crippen LogP contribution in [0.2, 0.25) is 0 Å². The lowest BCUT2D eigenvalue weighted by Gasteiger charge is -2.16. The Hall–Kier alpha value is -5.20. The smallest absolute Gasteiger partial charge is 0.263 e. The van der Waals surface area contributed by atoms with E-state index < -0.39 is 10.0 Å². The molecule has 0 aliphatic rings. The summed E-state index contributed by atoms with van der Waals surface area (Å²) in [5.74, 6) is 0.915. The van der Waals surface area contributed by atoms with E-state index in [0.717, 1.165) is 5.56 Å². The van der Waals surface area contributed by atoms with Crippen molar-refractivity contribution in [1.29, 1.82) is 0 Å². The van der Waals surface area contributed by atoms with Gasteiger partial charge in [-0.2, -0.15) is 0 Å². The van der Waals surface area contributed by atoms with Gasteiger partial charge in [-0.25, -0.2) is 18.4 Å². The van der Waals surface area contributed by atoms with E-state index in [1.165, 1.54) is 26.4 Å². The van der Waals surface area contributed by atoms with E-state index in [9.17, 15) is 13.2 Å². The van der Waals surface area contributed by atoms with Gasteiger partial charge in [0.1, 0.15) is 11.5 Å². The molecule has 0 spiro atoms. The summed E-state index contributed by atoms with van der Waals surface area (Å²) in [6.45, 7) is 2.01. The van der Waals surface area contributed by atoms with Gasteiger partial charge in [0.05, 0.1) is 36.7 Å². The Labute approximate surface area is 255 Å². The van der Waals surface area contributed by atoms with E-state index in [4.69, 9.17) is 9.47 Å². The normalized spacial score (nSPS) is 11.9. The number of hydrogen-bond acceptors (Lipinski definition) is 9. The van der Waals surface area contributed by atoms with Crippen molar-refractivity contribution in [3.8, 4) is 11.5 Å². The van der Waals surface area contributed by atoms with Crippen LogP contribution < -0.4 is 30.1 Å². The zero-order valence-electron chi connectivity index (χ0n) is 24.4.